The summed E-state index contributed by atoms with van der Waals surface area (Å²) in [7, 11) is 0. The molecule has 4 aromatic rings. The van der Waals surface area contributed by atoms with Gasteiger partial charge >= 0.3 is 0 Å². The second-order valence-corrected chi connectivity index (χ2v) is 10.4. The van der Waals surface area contributed by atoms with Crippen molar-refractivity contribution < 1.29 is 14.1 Å². The summed E-state index contributed by atoms with van der Waals surface area (Å²) < 4.78 is 5.90. The van der Waals surface area contributed by atoms with E-state index in [0.717, 1.165) is 37.9 Å². The molecule has 0 bridgehead atoms. The Kier molecular flexibility index (Phi) is 7.69. The molecule has 12 heteroatoms. The summed E-state index contributed by atoms with van der Waals surface area (Å²) in [6, 6.07) is 13.2. The van der Waals surface area contributed by atoms with Crippen molar-refractivity contribution in [3.05, 3.63) is 79.8 Å². The summed E-state index contributed by atoms with van der Waals surface area (Å²) in [6.07, 6.45) is 3.07. The molecule has 0 spiro atoms. The summed E-state index contributed by atoms with van der Waals surface area (Å²) in [4.78, 5) is 30.7. The zero-order valence-corrected chi connectivity index (χ0v) is 23.1. The molecule has 2 heterocycles. The van der Waals surface area contributed by atoms with E-state index in [1.165, 1.54) is 6.07 Å². The van der Waals surface area contributed by atoms with Gasteiger partial charge in [0.25, 0.3) is 11.6 Å². The third kappa shape index (κ3) is 5.68. The van der Waals surface area contributed by atoms with Crippen LogP contribution in [0.4, 0.5) is 17.1 Å². The van der Waals surface area contributed by atoms with Crippen LogP contribution in [0.25, 0.3) is 22.6 Å². The van der Waals surface area contributed by atoms with Crippen molar-refractivity contribution in [2.24, 2.45) is 0 Å². The minimum Gasteiger partial charge on any atom is -0.434 e. The van der Waals surface area contributed by atoms with Crippen molar-refractivity contribution >= 4 is 74.6 Å². The smallest absolute Gasteiger partial charge is 0.293 e. The van der Waals surface area contributed by atoms with Gasteiger partial charge in [0.05, 0.1) is 9.95 Å². The number of aromatic nitrogens is 1. The molecule has 1 aliphatic heterocycles. The number of nitro groups is 1. The zero-order valence-electron chi connectivity index (χ0n) is 20.8. The summed E-state index contributed by atoms with van der Waals surface area (Å²) in [6.45, 7) is 3.36. The summed E-state index contributed by atoms with van der Waals surface area (Å²) in [5, 5.41) is 18.2. The number of nitrogens with one attached hydrogen (secondary N) is 2. The van der Waals surface area contributed by atoms with Crippen LogP contribution in [0.2, 0.25) is 10.0 Å². The maximum atomic E-state index is 12.9. The normalized spacial score (nSPS) is 13.4. The largest absolute Gasteiger partial charge is 0.434 e. The Morgan fingerprint density at radius 2 is 1.90 bits per heavy atom. The standard InChI is InChI=1S/C27H23Cl2N5O4S/c1-15-18(26-30-21-14-17(28)13-19(29)24(21)38-26)6-5-7-20(15)31-27(39)32-25(35)16-8-9-22(23(12-16)34(36)37)33-10-3-2-4-11-33/h5-9,12-14H,2-4,10-11H2,1H3,(H2,31,32,35,39). The number of thiocarbonyl (C=S) groups is 1. The molecule has 2 N–H and O–H groups in total. The van der Waals surface area contributed by atoms with Crippen LogP contribution >= 0.6 is 35.4 Å². The fraction of sp³-hybridized carbons (Fsp3) is 0.222. The molecule has 1 fully saturated rings. The number of nitrogens with zero attached hydrogens (tertiary/aromatic N) is 3. The van der Waals surface area contributed by atoms with E-state index in [-0.39, 0.29) is 16.4 Å². The van der Waals surface area contributed by atoms with Gasteiger partial charge in [-0.25, -0.2) is 4.98 Å². The first-order valence-corrected chi connectivity index (χ1v) is 13.4. The van der Waals surface area contributed by atoms with Gasteiger partial charge in [-0.2, -0.15) is 0 Å². The molecular formula is C27H23Cl2N5O4S. The lowest BCUT2D eigenvalue weighted by atomic mass is 10.1. The molecule has 0 unspecified atom stereocenters. The quantitative estimate of drug-likeness (QED) is 0.145. The number of hydrogen-bond acceptors (Lipinski definition) is 7. The molecule has 200 valence electrons. The number of carbonyl (C=O) groups is 1. The Balaban J connectivity index is 1.33. The Bertz CT molecular complexity index is 1620. The van der Waals surface area contributed by atoms with Gasteiger partial charge < -0.3 is 14.6 Å². The Hall–Kier alpha value is -3.73. The molecule has 0 radical (unpaired) electrons. The van der Waals surface area contributed by atoms with E-state index in [9.17, 15) is 14.9 Å². The van der Waals surface area contributed by atoms with Crippen molar-refractivity contribution in [3.63, 3.8) is 0 Å². The second-order valence-electron chi connectivity index (χ2n) is 9.15. The molecule has 39 heavy (non-hydrogen) atoms. The molecular weight excluding hydrogens is 561 g/mol. The predicted molar refractivity (Wildman–Crippen MR) is 157 cm³/mol. The first-order chi connectivity index (χ1) is 18.7. The van der Waals surface area contributed by atoms with E-state index in [0.29, 0.717) is 44.0 Å². The molecule has 0 aliphatic carbocycles. The number of fused-ring (bicyclic) bond motifs is 1. The second kappa shape index (κ2) is 11.2. The average molecular weight is 584 g/mol. The molecule has 0 atom stereocenters. The average Bonchev–Trinajstić information content (AvgIpc) is 3.34. The molecule has 5 rings (SSSR count). The number of rotatable bonds is 5. The minimum atomic E-state index is -0.555. The van der Waals surface area contributed by atoms with Crippen LogP contribution < -0.4 is 15.5 Å². The van der Waals surface area contributed by atoms with Crippen molar-refractivity contribution in [1.29, 1.82) is 0 Å². The first kappa shape index (κ1) is 26.9. The Morgan fingerprint density at radius 1 is 1.13 bits per heavy atom. The number of anilines is 2. The van der Waals surface area contributed by atoms with Crippen molar-refractivity contribution in [2.75, 3.05) is 23.3 Å². The predicted octanol–water partition coefficient (Wildman–Crippen LogP) is 7.14. The topological polar surface area (TPSA) is 114 Å². The summed E-state index contributed by atoms with van der Waals surface area (Å²) >= 11 is 17.7. The van der Waals surface area contributed by atoms with Crippen LogP contribution in [0.15, 0.2) is 52.9 Å². The minimum absolute atomic E-state index is 0.0374. The number of benzene rings is 3. The summed E-state index contributed by atoms with van der Waals surface area (Å²) in [5.74, 6) is -0.202. The number of hydrogen-bond donors (Lipinski definition) is 2. The highest BCUT2D eigenvalue weighted by Crippen LogP contribution is 2.35. The van der Waals surface area contributed by atoms with Crippen LogP contribution in [0.5, 0.6) is 0 Å². The molecule has 3 aromatic carbocycles. The van der Waals surface area contributed by atoms with E-state index in [1.807, 2.05) is 17.9 Å². The Morgan fingerprint density at radius 3 is 2.64 bits per heavy atom. The highest BCUT2D eigenvalue weighted by atomic mass is 35.5. The fourth-order valence-corrected chi connectivity index (χ4v) is 5.34. The van der Waals surface area contributed by atoms with Crippen molar-refractivity contribution in [3.8, 4) is 11.5 Å². The van der Waals surface area contributed by atoms with Gasteiger partial charge in [0.15, 0.2) is 10.7 Å². The third-order valence-electron chi connectivity index (χ3n) is 6.58. The van der Waals surface area contributed by atoms with Gasteiger partial charge in [0.2, 0.25) is 5.89 Å². The molecule has 9 nitrogen and oxygen atoms in total. The van der Waals surface area contributed by atoms with Gasteiger partial charge in [-0.15, -0.1) is 0 Å². The number of halogens is 2. The van der Waals surface area contributed by atoms with Crippen LogP contribution in [-0.4, -0.2) is 34.0 Å². The van der Waals surface area contributed by atoms with E-state index in [4.69, 9.17) is 39.8 Å². The van der Waals surface area contributed by atoms with Gasteiger partial charge in [-0.3, -0.25) is 20.2 Å². The molecule has 1 aromatic heterocycles. The summed E-state index contributed by atoms with van der Waals surface area (Å²) in [5.41, 5.74) is 3.60. The maximum Gasteiger partial charge on any atom is 0.293 e. The van der Waals surface area contributed by atoms with Crippen LogP contribution in [0.3, 0.4) is 0 Å². The number of piperidine rings is 1. The number of oxazole rings is 1. The van der Waals surface area contributed by atoms with Crippen LogP contribution in [0, 0.1) is 17.0 Å². The lowest BCUT2D eigenvalue weighted by Gasteiger charge is -2.28. The molecule has 1 amide bonds. The van der Waals surface area contributed by atoms with E-state index < -0.39 is 10.8 Å². The highest BCUT2D eigenvalue weighted by Gasteiger charge is 2.23. The van der Waals surface area contributed by atoms with Gasteiger partial charge in [0, 0.05) is 41.0 Å². The van der Waals surface area contributed by atoms with Gasteiger partial charge in [0.1, 0.15) is 11.2 Å². The number of amides is 1. The number of nitro benzene ring substituents is 1. The fourth-order valence-electron chi connectivity index (χ4n) is 4.62. The highest BCUT2D eigenvalue weighted by molar-refractivity contribution is 7.80. The molecule has 0 saturated carbocycles. The SMILES string of the molecule is Cc1c(NC(=S)NC(=O)c2ccc(N3CCCCC3)c([N+](=O)[O-])c2)cccc1-c1nc2cc(Cl)cc(Cl)c2o1. The zero-order chi connectivity index (χ0) is 27.7. The van der Waals surface area contributed by atoms with Crippen molar-refractivity contribution in [1.82, 2.24) is 10.3 Å². The van der Waals surface area contributed by atoms with Crippen molar-refractivity contribution in [2.45, 2.75) is 26.2 Å². The molecule has 1 aliphatic rings. The van der Waals surface area contributed by atoms with Crippen LogP contribution in [0.1, 0.15) is 35.2 Å². The third-order valence-corrected chi connectivity index (χ3v) is 7.28. The monoisotopic (exact) mass is 583 g/mol. The van der Waals surface area contributed by atoms with Gasteiger partial charge in [-0.1, -0.05) is 29.3 Å². The lowest BCUT2D eigenvalue weighted by molar-refractivity contribution is -0.384. The van der Waals surface area contributed by atoms with Crippen LogP contribution in [-0.2, 0) is 0 Å². The maximum absolute atomic E-state index is 12.9. The lowest BCUT2D eigenvalue weighted by Crippen LogP contribution is -2.34. The van der Waals surface area contributed by atoms with E-state index >= 15 is 0 Å². The Labute approximate surface area is 239 Å². The first-order valence-electron chi connectivity index (χ1n) is 12.2. The van der Waals surface area contributed by atoms with E-state index in [2.05, 4.69) is 15.6 Å². The van der Waals surface area contributed by atoms with Gasteiger partial charge in [-0.05, 0) is 80.4 Å². The van der Waals surface area contributed by atoms with E-state index in [1.54, 1.807) is 36.4 Å². The number of carbonyl (C=O) groups excluding carboxylic acids is 1. The molecule has 1 saturated heterocycles.